The van der Waals surface area contributed by atoms with Gasteiger partial charge in [-0.05, 0) is 47.2 Å². The van der Waals surface area contributed by atoms with Gasteiger partial charge in [-0.25, -0.2) is 0 Å². The first kappa shape index (κ1) is 31.8. The van der Waals surface area contributed by atoms with E-state index in [1.165, 1.54) is 0 Å². The lowest BCUT2D eigenvalue weighted by Gasteiger charge is -2.43. The van der Waals surface area contributed by atoms with E-state index in [2.05, 4.69) is 17.1 Å². The molecule has 9 nitrogen and oxygen atoms in total. The lowest BCUT2D eigenvalue weighted by atomic mass is 9.89. The molecule has 0 aromatic heterocycles. The number of likely N-dealkylation sites (tertiary alicyclic amines) is 1. The van der Waals surface area contributed by atoms with Crippen LogP contribution in [0, 0.1) is 5.92 Å². The molecule has 0 saturated carbocycles. The van der Waals surface area contributed by atoms with E-state index in [1.807, 2.05) is 72.8 Å². The van der Waals surface area contributed by atoms with Gasteiger partial charge in [0.05, 0.1) is 31.8 Å². The van der Waals surface area contributed by atoms with Gasteiger partial charge in [0.25, 0.3) is 0 Å². The molecule has 1 amide bonds. The number of hydrogen-bond donors (Lipinski definition) is 4. The second-order valence-electron chi connectivity index (χ2n) is 11.7. The van der Waals surface area contributed by atoms with E-state index in [9.17, 15) is 19.8 Å². The van der Waals surface area contributed by atoms with E-state index in [-0.39, 0.29) is 56.1 Å². The van der Waals surface area contributed by atoms with Crippen LogP contribution in [0.1, 0.15) is 67.3 Å². The number of nitrogens with zero attached hydrogens (tertiary/aromatic N) is 1. The van der Waals surface area contributed by atoms with Gasteiger partial charge in [-0.2, -0.15) is 0 Å². The maximum Gasteiger partial charge on any atom is 0.303 e. The Bertz CT molecular complexity index is 1390. The lowest BCUT2D eigenvalue weighted by Crippen LogP contribution is -2.46. The number of ether oxygens (including phenoxy) is 2. The summed E-state index contributed by atoms with van der Waals surface area (Å²) in [5, 5.41) is 31.1. The van der Waals surface area contributed by atoms with Gasteiger partial charge in [-0.3, -0.25) is 14.5 Å². The standard InChI is InChI=1S/C35H42N2O7/c1-23-31(20-37-18-4-6-29(37)22-39)43-35(44-34(23)26-10-8-24(21-38)9-11-26)27-14-12-25(13-15-27)30-7-3-2-5-28(30)19-36-32(40)16-17-33(41)42/h2-3,5,7-15,23,29,31,34-35,38-39H,4,6,16-22H2,1H3,(H,36,40)(H,41,42)/t23-,29+,31+,34+,35+/m1/s1. The molecule has 0 unspecified atom stereocenters. The highest BCUT2D eigenvalue weighted by Gasteiger charge is 2.40. The molecular formula is C35H42N2O7. The van der Waals surface area contributed by atoms with Gasteiger partial charge in [-0.1, -0.05) is 79.7 Å². The Morgan fingerprint density at radius 3 is 2.36 bits per heavy atom. The molecule has 2 aliphatic rings. The fourth-order valence-corrected chi connectivity index (χ4v) is 6.18. The number of nitrogens with one attached hydrogen (secondary N) is 1. The van der Waals surface area contributed by atoms with Crippen molar-refractivity contribution in [1.29, 1.82) is 0 Å². The first-order valence-corrected chi connectivity index (χ1v) is 15.4. The molecule has 0 aliphatic carbocycles. The van der Waals surface area contributed by atoms with Crippen LogP contribution in [0.5, 0.6) is 0 Å². The summed E-state index contributed by atoms with van der Waals surface area (Å²) in [6.45, 7) is 4.22. The monoisotopic (exact) mass is 602 g/mol. The van der Waals surface area contributed by atoms with Gasteiger partial charge in [0, 0.05) is 37.0 Å². The van der Waals surface area contributed by atoms with E-state index in [4.69, 9.17) is 14.6 Å². The number of carbonyl (C=O) groups is 2. The zero-order valence-corrected chi connectivity index (χ0v) is 25.1. The molecule has 5 rings (SSSR count). The molecule has 0 bridgehead atoms. The number of aliphatic hydroxyl groups excluding tert-OH is 2. The molecule has 4 N–H and O–H groups in total. The second kappa shape index (κ2) is 14.9. The number of aliphatic carboxylic acids is 1. The maximum absolute atomic E-state index is 12.1. The fourth-order valence-electron chi connectivity index (χ4n) is 6.18. The van der Waals surface area contributed by atoms with Crippen LogP contribution in [-0.2, 0) is 32.2 Å². The summed E-state index contributed by atoms with van der Waals surface area (Å²) in [5.74, 6) is -1.24. The quantitative estimate of drug-likeness (QED) is 0.237. The maximum atomic E-state index is 12.1. The van der Waals surface area contributed by atoms with Gasteiger partial charge in [0.2, 0.25) is 5.91 Å². The van der Waals surface area contributed by atoms with E-state index < -0.39 is 12.3 Å². The molecule has 3 aromatic carbocycles. The van der Waals surface area contributed by atoms with Crippen molar-refractivity contribution in [3.63, 3.8) is 0 Å². The van der Waals surface area contributed by atoms with E-state index in [0.29, 0.717) is 13.1 Å². The third-order valence-corrected chi connectivity index (χ3v) is 8.80. The number of hydrogen-bond acceptors (Lipinski definition) is 7. The van der Waals surface area contributed by atoms with Gasteiger partial charge < -0.3 is 30.1 Å². The Hall–Kier alpha value is -3.60. The topological polar surface area (TPSA) is 129 Å². The highest BCUT2D eigenvalue weighted by Crippen LogP contribution is 2.42. The van der Waals surface area contributed by atoms with E-state index in [1.54, 1.807) is 0 Å². The van der Waals surface area contributed by atoms with Crippen molar-refractivity contribution in [3.05, 3.63) is 95.1 Å². The van der Waals surface area contributed by atoms with Crippen molar-refractivity contribution in [2.45, 2.75) is 70.3 Å². The third kappa shape index (κ3) is 7.72. The van der Waals surface area contributed by atoms with Crippen LogP contribution >= 0.6 is 0 Å². The summed E-state index contributed by atoms with van der Waals surface area (Å²) in [6, 6.07) is 23.9. The zero-order chi connectivity index (χ0) is 31.1. The van der Waals surface area contributed by atoms with Crippen molar-refractivity contribution in [1.82, 2.24) is 10.2 Å². The number of carbonyl (C=O) groups excluding carboxylic acids is 1. The van der Waals surface area contributed by atoms with Gasteiger partial charge in [-0.15, -0.1) is 0 Å². The van der Waals surface area contributed by atoms with E-state index in [0.717, 1.165) is 52.8 Å². The molecule has 2 fully saturated rings. The number of rotatable bonds is 12. The Morgan fingerprint density at radius 1 is 0.932 bits per heavy atom. The van der Waals surface area contributed by atoms with Crippen LogP contribution < -0.4 is 5.32 Å². The first-order chi connectivity index (χ1) is 21.4. The SMILES string of the molecule is C[C@@H]1[C@H](CN2CCC[C@H]2CO)O[C@H](c2ccc(-c3ccccc3CNC(=O)CCC(=O)O)cc2)O[C@@H]1c1ccc(CO)cc1. The molecular weight excluding hydrogens is 560 g/mol. The van der Waals surface area contributed by atoms with Crippen LogP contribution in [0.15, 0.2) is 72.8 Å². The molecule has 0 radical (unpaired) electrons. The average Bonchev–Trinajstić information content (AvgIpc) is 3.51. The normalized spacial score (nSPS) is 23.8. The minimum atomic E-state index is -0.997. The Balaban J connectivity index is 1.35. The zero-order valence-electron chi connectivity index (χ0n) is 25.1. The van der Waals surface area contributed by atoms with Crippen molar-refractivity contribution in [3.8, 4) is 11.1 Å². The minimum absolute atomic E-state index is 0.0141. The predicted octanol–water partition coefficient (Wildman–Crippen LogP) is 4.58. The average molecular weight is 603 g/mol. The molecule has 2 saturated heterocycles. The molecule has 5 atom stereocenters. The Labute approximate surface area is 258 Å². The summed E-state index contributed by atoms with van der Waals surface area (Å²) in [5.41, 5.74) is 5.65. The molecule has 0 spiro atoms. The van der Waals surface area contributed by atoms with Crippen molar-refractivity contribution < 1.29 is 34.4 Å². The van der Waals surface area contributed by atoms with Crippen LogP contribution in [0.3, 0.4) is 0 Å². The van der Waals surface area contributed by atoms with Crippen LogP contribution in [0.4, 0.5) is 0 Å². The van der Waals surface area contributed by atoms with Crippen molar-refractivity contribution in [2.75, 3.05) is 19.7 Å². The Kier molecular flexibility index (Phi) is 10.8. The van der Waals surface area contributed by atoms with Gasteiger partial charge in [0.1, 0.15) is 0 Å². The summed E-state index contributed by atoms with van der Waals surface area (Å²) < 4.78 is 13.3. The minimum Gasteiger partial charge on any atom is -0.481 e. The molecule has 234 valence electrons. The summed E-state index contributed by atoms with van der Waals surface area (Å²) >= 11 is 0. The lowest BCUT2D eigenvalue weighted by molar-refractivity contribution is -0.276. The van der Waals surface area contributed by atoms with Crippen molar-refractivity contribution >= 4 is 11.9 Å². The predicted molar refractivity (Wildman–Crippen MR) is 165 cm³/mol. The fraction of sp³-hybridized carbons (Fsp3) is 0.429. The summed E-state index contributed by atoms with van der Waals surface area (Å²) in [4.78, 5) is 25.2. The van der Waals surface area contributed by atoms with Crippen LogP contribution in [0.2, 0.25) is 0 Å². The Morgan fingerprint density at radius 2 is 1.66 bits per heavy atom. The van der Waals surface area contributed by atoms with Crippen LogP contribution in [-0.4, -0.2) is 63.9 Å². The molecule has 3 aromatic rings. The van der Waals surface area contributed by atoms with Gasteiger partial charge >= 0.3 is 5.97 Å². The summed E-state index contributed by atoms with van der Waals surface area (Å²) in [7, 11) is 0. The largest absolute Gasteiger partial charge is 0.481 e. The van der Waals surface area contributed by atoms with Gasteiger partial charge in [0.15, 0.2) is 6.29 Å². The highest BCUT2D eigenvalue weighted by molar-refractivity contribution is 5.80. The number of benzene rings is 3. The first-order valence-electron chi connectivity index (χ1n) is 15.4. The van der Waals surface area contributed by atoms with Crippen molar-refractivity contribution in [2.24, 2.45) is 5.92 Å². The number of aliphatic hydroxyl groups is 2. The molecule has 2 heterocycles. The molecule has 2 aliphatic heterocycles. The number of amides is 1. The second-order valence-corrected chi connectivity index (χ2v) is 11.7. The molecule has 9 heteroatoms. The number of carboxylic acid groups (broad SMARTS) is 1. The smallest absolute Gasteiger partial charge is 0.303 e. The summed E-state index contributed by atoms with van der Waals surface area (Å²) in [6.07, 6.45) is 0.866. The molecule has 44 heavy (non-hydrogen) atoms. The number of carboxylic acids is 1. The highest BCUT2D eigenvalue weighted by atomic mass is 16.7. The van der Waals surface area contributed by atoms with Crippen LogP contribution in [0.25, 0.3) is 11.1 Å². The van der Waals surface area contributed by atoms with E-state index >= 15 is 0 Å². The third-order valence-electron chi connectivity index (χ3n) is 8.80.